The molecule has 2 aromatic rings. The summed E-state index contributed by atoms with van der Waals surface area (Å²) >= 11 is 0. The molecule has 4 rings (SSSR count). The Bertz CT molecular complexity index is 1030. The topological polar surface area (TPSA) is 114 Å². The second kappa shape index (κ2) is 11.4. The molecule has 186 valence electrons. The minimum Gasteiger partial charge on any atom is -0.481 e. The molecule has 0 aromatic heterocycles. The number of carboxylic acids is 1. The van der Waals surface area contributed by atoms with Crippen molar-refractivity contribution in [3.05, 3.63) is 59.7 Å². The summed E-state index contributed by atoms with van der Waals surface area (Å²) in [4.78, 5) is 35.7. The summed E-state index contributed by atoms with van der Waals surface area (Å²) in [5.74, 6) is -1.42. The second-order valence-corrected chi connectivity index (χ2v) is 9.21. The number of amides is 2. The van der Waals surface area contributed by atoms with Gasteiger partial charge in [-0.15, -0.1) is 0 Å². The SMILES string of the molecule is CCC(CNC(=O)[C@@H]1CO[C@H](CNC(=O)OCC2c3ccccc3-c3ccccc32)C1)CC(=O)O. The smallest absolute Gasteiger partial charge is 0.407 e. The molecule has 1 saturated heterocycles. The van der Waals surface area contributed by atoms with E-state index in [4.69, 9.17) is 14.6 Å². The largest absolute Gasteiger partial charge is 0.481 e. The average molecular weight is 481 g/mol. The van der Waals surface area contributed by atoms with Crippen molar-refractivity contribution in [2.75, 3.05) is 26.3 Å². The van der Waals surface area contributed by atoms with Crippen molar-refractivity contribution < 1.29 is 29.0 Å². The molecule has 1 unspecified atom stereocenters. The third kappa shape index (κ3) is 6.00. The zero-order chi connectivity index (χ0) is 24.8. The number of alkyl carbamates (subject to hydrolysis) is 1. The van der Waals surface area contributed by atoms with Crippen LogP contribution in [0.25, 0.3) is 11.1 Å². The Balaban J connectivity index is 1.20. The number of rotatable bonds is 10. The van der Waals surface area contributed by atoms with E-state index in [1.165, 1.54) is 11.1 Å². The maximum atomic E-state index is 12.4. The number of hydrogen-bond donors (Lipinski definition) is 3. The number of carboxylic acid groups (broad SMARTS) is 1. The van der Waals surface area contributed by atoms with E-state index in [0.29, 0.717) is 19.4 Å². The van der Waals surface area contributed by atoms with Crippen LogP contribution in [0, 0.1) is 11.8 Å². The van der Waals surface area contributed by atoms with Gasteiger partial charge in [-0.25, -0.2) is 4.79 Å². The van der Waals surface area contributed by atoms with Gasteiger partial charge in [-0.3, -0.25) is 9.59 Å². The van der Waals surface area contributed by atoms with E-state index in [9.17, 15) is 14.4 Å². The Kier molecular flexibility index (Phi) is 8.02. The van der Waals surface area contributed by atoms with Gasteiger partial charge in [-0.2, -0.15) is 0 Å². The van der Waals surface area contributed by atoms with Gasteiger partial charge in [0.25, 0.3) is 0 Å². The van der Waals surface area contributed by atoms with Gasteiger partial charge in [0.05, 0.1) is 18.6 Å². The van der Waals surface area contributed by atoms with E-state index in [1.54, 1.807) is 0 Å². The monoisotopic (exact) mass is 480 g/mol. The quantitative estimate of drug-likeness (QED) is 0.479. The molecule has 3 atom stereocenters. The molecule has 1 aliphatic heterocycles. The van der Waals surface area contributed by atoms with Gasteiger partial charge in [0.15, 0.2) is 0 Å². The van der Waals surface area contributed by atoms with Crippen LogP contribution < -0.4 is 10.6 Å². The number of fused-ring (bicyclic) bond motifs is 3. The highest BCUT2D eigenvalue weighted by Gasteiger charge is 2.32. The molecule has 1 aliphatic carbocycles. The molecule has 1 heterocycles. The Hall–Kier alpha value is -3.39. The highest BCUT2D eigenvalue weighted by Crippen LogP contribution is 2.44. The van der Waals surface area contributed by atoms with E-state index < -0.39 is 12.1 Å². The van der Waals surface area contributed by atoms with Crippen molar-refractivity contribution in [3.8, 4) is 11.1 Å². The van der Waals surface area contributed by atoms with Crippen LogP contribution >= 0.6 is 0 Å². The van der Waals surface area contributed by atoms with Crippen LogP contribution in [-0.2, 0) is 19.1 Å². The van der Waals surface area contributed by atoms with Crippen molar-refractivity contribution in [2.24, 2.45) is 11.8 Å². The number of ether oxygens (including phenoxy) is 2. The first-order chi connectivity index (χ1) is 17.0. The van der Waals surface area contributed by atoms with Crippen LogP contribution in [0.1, 0.15) is 43.2 Å². The fraction of sp³-hybridized carbons (Fsp3) is 0.444. The minimum atomic E-state index is -0.866. The molecule has 2 aromatic carbocycles. The molecule has 0 saturated carbocycles. The summed E-state index contributed by atoms with van der Waals surface area (Å²) in [6.07, 6.45) is 0.422. The molecule has 2 amide bonds. The average Bonchev–Trinajstić information content (AvgIpc) is 3.46. The third-order valence-electron chi connectivity index (χ3n) is 6.87. The van der Waals surface area contributed by atoms with Gasteiger partial charge in [0.1, 0.15) is 6.61 Å². The zero-order valence-electron chi connectivity index (χ0n) is 19.9. The summed E-state index contributed by atoms with van der Waals surface area (Å²) in [5.41, 5.74) is 4.66. The molecule has 0 radical (unpaired) electrons. The Morgan fingerprint density at radius 2 is 1.71 bits per heavy atom. The molecule has 8 heteroatoms. The maximum absolute atomic E-state index is 12.4. The van der Waals surface area contributed by atoms with Gasteiger partial charge in [-0.05, 0) is 34.6 Å². The first-order valence-electron chi connectivity index (χ1n) is 12.2. The van der Waals surface area contributed by atoms with E-state index in [2.05, 4.69) is 34.9 Å². The van der Waals surface area contributed by atoms with E-state index >= 15 is 0 Å². The first kappa shape index (κ1) is 24.7. The van der Waals surface area contributed by atoms with Crippen LogP contribution in [0.5, 0.6) is 0 Å². The first-order valence-corrected chi connectivity index (χ1v) is 12.2. The standard InChI is InChI=1S/C27H32N2O6/c1-2-17(11-25(30)31)13-28-26(32)18-12-19(34-15-18)14-29-27(33)35-16-24-22-9-5-3-7-20(22)21-8-4-6-10-23(21)24/h3-10,17-19,24H,2,11-16H2,1H3,(H,28,32)(H,29,33)(H,30,31)/t17?,18-,19-/m0/s1. The number of carbonyl (C=O) groups excluding carboxylic acids is 2. The second-order valence-electron chi connectivity index (χ2n) is 9.21. The lowest BCUT2D eigenvalue weighted by atomic mass is 9.98. The van der Waals surface area contributed by atoms with Gasteiger partial charge in [0, 0.05) is 25.4 Å². The lowest BCUT2D eigenvalue weighted by molar-refractivity contribution is -0.138. The number of benzene rings is 2. The van der Waals surface area contributed by atoms with E-state index in [1.807, 2.05) is 31.2 Å². The maximum Gasteiger partial charge on any atom is 0.407 e. The highest BCUT2D eigenvalue weighted by atomic mass is 16.5. The Morgan fingerprint density at radius 3 is 2.34 bits per heavy atom. The van der Waals surface area contributed by atoms with E-state index in [-0.39, 0.29) is 55.9 Å². The molecule has 0 bridgehead atoms. The van der Waals surface area contributed by atoms with Gasteiger partial charge in [-0.1, -0.05) is 61.9 Å². The zero-order valence-corrected chi connectivity index (χ0v) is 19.9. The Labute approximate surface area is 205 Å². The third-order valence-corrected chi connectivity index (χ3v) is 6.87. The summed E-state index contributed by atoms with van der Waals surface area (Å²) in [5, 5.41) is 14.5. The molecule has 1 fully saturated rings. The fourth-order valence-corrected chi connectivity index (χ4v) is 4.87. The van der Waals surface area contributed by atoms with Crippen molar-refractivity contribution in [3.63, 3.8) is 0 Å². The molecule has 8 nitrogen and oxygen atoms in total. The van der Waals surface area contributed by atoms with Gasteiger partial charge in [0.2, 0.25) is 5.91 Å². The predicted octanol–water partition coefficient (Wildman–Crippen LogP) is 3.55. The highest BCUT2D eigenvalue weighted by molar-refractivity contribution is 5.80. The summed E-state index contributed by atoms with van der Waals surface area (Å²) < 4.78 is 11.2. The normalized spacial score (nSPS) is 19.5. The summed E-state index contributed by atoms with van der Waals surface area (Å²) in [7, 11) is 0. The van der Waals surface area contributed by atoms with Crippen LogP contribution in [0.15, 0.2) is 48.5 Å². The van der Waals surface area contributed by atoms with Crippen molar-refractivity contribution in [1.29, 1.82) is 0 Å². The van der Waals surface area contributed by atoms with Gasteiger partial charge < -0.3 is 25.2 Å². The molecule has 35 heavy (non-hydrogen) atoms. The van der Waals surface area contributed by atoms with Crippen LogP contribution in [0.3, 0.4) is 0 Å². The van der Waals surface area contributed by atoms with E-state index in [0.717, 1.165) is 11.1 Å². The molecule has 3 N–H and O–H groups in total. The number of nitrogens with one attached hydrogen (secondary N) is 2. The van der Waals surface area contributed by atoms with Crippen LogP contribution in [0.4, 0.5) is 4.79 Å². The van der Waals surface area contributed by atoms with Crippen LogP contribution in [0.2, 0.25) is 0 Å². The lowest BCUT2D eigenvalue weighted by Crippen LogP contribution is -2.36. The number of aliphatic carboxylic acids is 1. The predicted molar refractivity (Wildman–Crippen MR) is 130 cm³/mol. The van der Waals surface area contributed by atoms with Crippen molar-refractivity contribution in [2.45, 2.75) is 38.2 Å². The number of carbonyl (C=O) groups is 3. The molecular formula is C27H32N2O6. The lowest BCUT2D eigenvalue weighted by Gasteiger charge is -2.16. The fourth-order valence-electron chi connectivity index (χ4n) is 4.87. The van der Waals surface area contributed by atoms with Crippen molar-refractivity contribution in [1.82, 2.24) is 10.6 Å². The summed E-state index contributed by atoms with van der Waals surface area (Å²) in [6.45, 7) is 3.02. The summed E-state index contributed by atoms with van der Waals surface area (Å²) in [6, 6.07) is 16.3. The molecule has 0 spiro atoms. The van der Waals surface area contributed by atoms with Crippen LogP contribution in [-0.4, -0.2) is 55.5 Å². The molecular weight excluding hydrogens is 448 g/mol. The van der Waals surface area contributed by atoms with Crippen molar-refractivity contribution >= 4 is 18.0 Å². The minimum absolute atomic E-state index is 0.00275. The Morgan fingerprint density at radius 1 is 1.06 bits per heavy atom. The van der Waals surface area contributed by atoms with Gasteiger partial charge >= 0.3 is 12.1 Å². The molecule has 2 aliphatic rings. The number of hydrogen-bond acceptors (Lipinski definition) is 5.